The minimum absolute atomic E-state index is 0.00877. The third kappa shape index (κ3) is 4.10. The minimum atomic E-state index is -0.351. The molecule has 0 aromatic rings. The van der Waals surface area contributed by atoms with E-state index in [1.807, 2.05) is 13.8 Å². The van der Waals surface area contributed by atoms with Gasteiger partial charge in [-0.15, -0.1) is 0 Å². The van der Waals surface area contributed by atoms with Crippen LogP contribution in [-0.2, 0) is 4.79 Å². The number of amides is 1. The first-order valence-corrected chi connectivity index (χ1v) is 6.08. The normalized spacial score (nSPS) is 19.8. The second-order valence-electron chi connectivity index (χ2n) is 5.68. The standard InChI is InChI=1S/C12H24N2O2/c1-11(2,13)8-5-10(16)14-12(9-15)6-3-4-7-12/h15H,3-9,13H2,1-2H3,(H,14,16). The Labute approximate surface area is 97.6 Å². The van der Waals surface area contributed by atoms with E-state index in [0.29, 0.717) is 12.8 Å². The van der Waals surface area contributed by atoms with Crippen LogP contribution in [0.2, 0.25) is 0 Å². The first-order chi connectivity index (χ1) is 7.37. The maximum atomic E-state index is 11.7. The molecule has 0 unspecified atom stereocenters. The molecule has 16 heavy (non-hydrogen) atoms. The summed E-state index contributed by atoms with van der Waals surface area (Å²) in [6.45, 7) is 3.88. The quantitative estimate of drug-likeness (QED) is 0.655. The molecule has 4 nitrogen and oxygen atoms in total. The van der Waals surface area contributed by atoms with Crippen LogP contribution in [0.5, 0.6) is 0 Å². The van der Waals surface area contributed by atoms with Crippen molar-refractivity contribution in [2.75, 3.05) is 6.61 Å². The van der Waals surface area contributed by atoms with Crippen LogP contribution < -0.4 is 11.1 Å². The van der Waals surface area contributed by atoms with Crippen molar-refractivity contribution in [2.45, 2.75) is 63.5 Å². The predicted molar refractivity (Wildman–Crippen MR) is 63.9 cm³/mol. The summed E-state index contributed by atoms with van der Waals surface area (Å²) in [5.74, 6) is 0.00877. The largest absolute Gasteiger partial charge is 0.394 e. The molecule has 1 amide bonds. The van der Waals surface area contributed by atoms with Crippen molar-refractivity contribution in [1.82, 2.24) is 5.32 Å². The van der Waals surface area contributed by atoms with Crippen molar-refractivity contribution < 1.29 is 9.90 Å². The van der Waals surface area contributed by atoms with Gasteiger partial charge in [0.05, 0.1) is 12.1 Å². The van der Waals surface area contributed by atoms with Crippen molar-refractivity contribution in [3.63, 3.8) is 0 Å². The fourth-order valence-corrected chi connectivity index (χ4v) is 2.17. The van der Waals surface area contributed by atoms with Gasteiger partial charge in [0.15, 0.2) is 0 Å². The summed E-state index contributed by atoms with van der Waals surface area (Å²) in [4.78, 5) is 11.7. The fraction of sp³-hybridized carbons (Fsp3) is 0.917. The molecule has 0 atom stereocenters. The number of aliphatic hydroxyl groups is 1. The van der Waals surface area contributed by atoms with E-state index in [0.717, 1.165) is 25.7 Å². The smallest absolute Gasteiger partial charge is 0.220 e. The molecule has 1 aliphatic carbocycles. The highest BCUT2D eigenvalue weighted by atomic mass is 16.3. The Morgan fingerprint density at radius 3 is 2.44 bits per heavy atom. The number of hydrogen-bond donors (Lipinski definition) is 3. The summed E-state index contributed by atoms with van der Waals surface area (Å²) in [5.41, 5.74) is 5.17. The molecule has 0 radical (unpaired) electrons. The van der Waals surface area contributed by atoms with Gasteiger partial charge in [0.25, 0.3) is 0 Å². The highest BCUT2D eigenvalue weighted by Crippen LogP contribution is 2.29. The van der Waals surface area contributed by atoms with Crippen LogP contribution in [0, 0.1) is 0 Å². The molecule has 0 aromatic carbocycles. The summed E-state index contributed by atoms with van der Waals surface area (Å²) in [6.07, 6.45) is 5.06. The van der Waals surface area contributed by atoms with Crippen LogP contribution in [0.25, 0.3) is 0 Å². The van der Waals surface area contributed by atoms with E-state index >= 15 is 0 Å². The minimum Gasteiger partial charge on any atom is -0.394 e. The Kier molecular flexibility index (Phi) is 4.33. The Balaban J connectivity index is 2.38. The van der Waals surface area contributed by atoms with E-state index in [4.69, 9.17) is 5.73 Å². The van der Waals surface area contributed by atoms with Gasteiger partial charge in [-0.1, -0.05) is 12.8 Å². The second-order valence-corrected chi connectivity index (χ2v) is 5.68. The summed E-state index contributed by atoms with van der Waals surface area (Å²) in [7, 11) is 0. The number of nitrogens with one attached hydrogen (secondary N) is 1. The topological polar surface area (TPSA) is 75.4 Å². The predicted octanol–water partition coefficient (Wildman–Crippen LogP) is 0.925. The Hall–Kier alpha value is -0.610. The van der Waals surface area contributed by atoms with E-state index in [-0.39, 0.29) is 23.6 Å². The van der Waals surface area contributed by atoms with Gasteiger partial charge in [0.1, 0.15) is 0 Å². The molecule has 0 aromatic heterocycles. The molecule has 1 fully saturated rings. The number of aliphatic hydroxyl groups excluding tert-OH is 1. The molecule has 0 spiro atoms. The molecule has 94 valence electrons. The Morgan fingerprint density at radius 1 is 1.44 bits per heavy atom. The van der Waals surface area contributed by atoms with Crippen molar-refractivity contribution in [3.8, 4) is 0 Å². The summed E-state index contributed by atoms with van der Waals surface area (Å²) < 4.78 is 0. The lowest BCUT2D eigenvalue weighted by molar-refractivity contribution is -0.123. The molecule has 1 rings (SSSR count). The number of nitrogens with two attached hydrogens (primary N) is 1. The van der Waals surface area contributed by atoms with Crippen LogP contribution in [0.15, 0.2) is 0 Å². The molecule has 4 N–H and O–H groups in total. The fourth-order valence-electron chi connectivity index (χ4n) is 2.17. The van der Waals surface area contributed by atoms with E-state index in [1.165, 1.54) is 0 Å². The Morgan fingerprint density at radius 2 is 2.00 bits per heavy atom. The highest BCUT2D eigenvalue weighted by molar-refractivity contribution is 5.77. The van der Waals surface area contributed by atoms with Crippen molar-refractivity contribution in [3.05, 3.63) is 0 Å². The van der Waals surface area contributed by atoms with Gasteiger partial charge in [-0.05, 0) is 33.1 Å². The van der Waals surface area contributed by atoms with Crippen LogP contribution in [0.3, 0.4) is 0 Å². The van der Waals surface area contributed by atoms with Crippen LogP contribution in [0.4, 0.5) is 0 Å². The summed E-state index contributed by atoms with van der Waals surface area (Å²) in [5, 5.41) is 12.3. The maximum absolute atomic E-state index is 11.7. The molecular weight excluding hydrogens is 204 g/mol. The van der Waals surface area contributed by atoms with Crippen LogP contribution in [-0.4, -0.2) is 28.7 Å². The SMILES string of the molecule is CC(C)(N)CCC(=O)NC1(CO)CCCC1. The second kappa shape index (κ2) is 5.15. The molecule has 0 saturated heterocycles. The van der Waals surface area contributed by atoms with Gasteiger partial charge < -0.3 is 16.2 Å². The van der Waals surface area contributed by atoms with Crippen molar-refractivity contribution in [2.24, 2.45) is 5.73 Å². The van der Waals surface area contributed by atoms with Gasteiger partial charge in [-0.3, -0.25) is 4.79 Å². The van der Waals surface area contributed by atoms with Gasteiger partial charge in [-0.25, -0.2) is 0 Å². The van der Waals surface area contributed by atoms with Crippen molar-refractivity contribution >= 4 is 5.91 Å². The zero-order valence-electron chi connectivity index (χ0n) is 10.4. The maximum Gasteiger partial charge on any atom is 0.220 e. The molecule has 1 aliphatic rings. The lowest BCUT2D eigenvalue weighted by atomic mass is 9.96. The van der Waals surface area contributed by atoms with Crippen LogP contribution >= 0.6 is 0 Å². The zero-order valence-corrected chi connectivity index (χ0v) is 10.4. The van der Waals surface area contributed by atoms with E-state index in [9.17, 15) is 9.90 Å². The number of hydrogen-bond acceptors (Lipinski definition) is 3. The average molecular weight is 228 g/mol. The van der Waals surface area contributed by atoms with Crippen molar-refractivity contribution in [1.29, 1.82) is 0 Å². The third-order valence-electron chi connectivity index (χ3n) is 3.26. The molecule has 1 saturated carbocycles. The molecule has 4 heteroatoms. The number of carbonyl (C=O) groups excluding carboxylic acids is 1. The monoisotopic (exact) mass is 228 g/mol. The summed E-state index contributed by atoms with van der Waals surface area (Å²) >= 11 is 0. The third-order valence-corrected chi connectivity index (χ3v) is 3.26. The van der Waals surface area contributed by atoms with Gasteiger partial charge in [0, 0.05) is 12.0 Å². The van der Waals surface area contributed by atoms with Gasteiger partial charge in [0.2, 0.25) is 5.91 Å². The number of carbonyl (C=O) groups is 1. The number of rotatable bonds is 5. The average Bonchev–Trinajstić information content (AvgIpc) is 2.63. The highest BCUT2D eigenvalue weighted by Gasteiger charge is 2.34. The van der Waals surface area contributed by atoms with Gasteiger partial charge >= 0.3 is 0 Å². The van der Waals surface area contributed by atoms with Gasteiger partial charge in [-0.2, -0.15) is 0 Å². The van der Waals surface area contributed by atoms with E-state index in [2.05, 4.69) is 5.32 Å². The molecule has 0 bridgehead atoms. The lowest BCUT2D eigenvalue weighted by Crippen LogP contribution is -2.49. The lowest BCUT2D eigenvalue weighted by Gasteiger charge is -2.28. The first kappa shape index (κ1) is 13.5. The Bertz CT molecular complexity index is 240. The first-order valence-electron chi connectivity index (χ1n) is 6.08. The zero-order chi connectivity index (χ0) is 12.2. The van der Waals surface area contributed by atoms with Crippen LogP contribution in [0.1, 0.15) is 52.4 Å². The molecule has 0 heterocycles. The summed E-state index contributed by atoms with van der Waals surface area (Å²) in [6, 6.07) is 0. The van der Waals surface area contributed by atoms with E-state index < -0.39 is 0 Å². The van der Waals surface area contributed by atoms with E-state index in [1.54, 1.807) is 0 Å². The molecule has 0 aliphatic heterocycles. The molecular formula is C12H24N2O2.